The number of aromatic nitrogens is 3. The number of carbonyl (C=O) groups is 3. The molecule has 292 valence electrons. The predicted molar refractivity (Wildman–Crippen MR) is 199 cm³/mol. The zero-order valence-electron chi connectivity index (χ0n) is 31.3. The number of amides is 3. The van der Waals surface area contributed by atoms with Crippen LogP contribution >= 0.6 is 0 Å². The maximum atomic E-state index is 15.5. The predicted octanol–water partition coefficient (Wildman–Crippen LogP) is 6.25. The third-order valence-corrected chi connectivity index (χ3v) is 9.66. The smallest absolute Gasteiger partial charge is 0.405 e. The Balaban J connectivity index is 1.16. The van der Waals surface area contributed by atoms with Crippen LogP contribution in [0, 0.1) is 17.2 Å². The standard InChI is InChI=1S/C39H44F4N8O4/c1-23-16-31(51(22-23)34(52)21-44-5)35-46-20-30(47-35)25-8-6-24(7-9-25)27-17-28(40)29(18-32(27)55-39(41,42)43)48-36(53)26-10-11-33(45-19-26)49-12-14-50(15-13-49)37(54)38(2,3)4/h6-11,17-20,23,31,44H,12-16,21-22H2,1-5H3,(H,46,47)(H,48,53). The highest BCUT2D eigenvalue weighted by atomic mass is 19.4. The number of alkyl halides is 3. The molecule has 2 saturated heterocycles. The minimum absolute atomic E-state index is 0.0301. The van der Waals surface area contributed by atoms with Gasteiger partial charge in [0.2, 0.25) is 11.8 Å². The van der Waals surface area contributed by atoms with Crippen LogP contribution in [0.15, 0.2) is 60.9 Å². The van der Waals surface area contributed by atoms with Crippen LogP contribution < -0.4 is 20.3 Å². The molecule has 2 aliphatic rings. The second-order valence-electron chi connectivity index (χ2n) is 15.0. The molecule has 2 unspecified atom stereocenters. The number of piperazine rings is 1. The lowest BCUT2D eigenvalue weighted by atomic mass is 9.94. The second kappa shape index (κ2) is 15.7. The highest BCUT2D eigenvalue weighted by molar-refractivity contribution is 6.04. The summed E-state index contributed by atoms with van der Waals surface area (Å²) >= 11 is 0. The molecule has 3 N–H and O–H groups in total. The van der Waals surface area contributed by atoms with Crippen molar-refractivity contribution >= 4 is 29.2 Å². The van der Waals surface area contributed by atoms with Gasteiger partial charge in [0, 0.05) is 56.0 Å². The number of aromatic amines is 1. The number of benzene rings is 2. The van der Waals surface area contributed by atoms with E-state index in [2.05, 4.69) is 37.2 Å². The van der Waals surface area contributed by atoms with Crippen molar-refractivity contribution in [3.05, 3.63) is 78.1 Å². The molecule has 6 rings (SSSR count). The van der Waals surface area contributed by atoms with Crippen LogP contribution in [0.4, 0.5) is 29.1 Å². The Morgan fingerprint density at radius 2 is 1.64 bits per heavy atom. The van der Waals surface area contributed by atoms with E-state index in [4.69, 9.17) is 0 Å². The van der Waals surface area contributed by atoms with Crippen molar-refractivity contribution in [1.29, 1.82) is 0 Å². The van der Waals surface area contributed by atoms with E-state index in [-0.39, 0.29) is 41.1 Å². The number of ether oxygens (including phenoxy) is 1. The molecule has 4 aromatic rings. The summed E-state index contributed by atoms with van der Waals surface area (Å²) in [5.41, 5.74) is 0.417. The van der Waals surface area contributed by atoms with Gasteiger partial charge in [0.15, 0.2) is 0 Å². The molecule has 4 heterocycles. The number of pyridine rings is 1. The zero-order chi connectivity index (χ0) is 39.7. The number of anilines is 2. The summed E-state index contributed by atoms with van der Waals surface area (Å²) in [6.45, 7) is 10.6. The fraction of sp³-hybridized carbons (Fsp3) is 0.410. The zero-order valence-corrected chi connectivity index (χ0v) is 31.3. The minimum atomic E-state index is -5.11. The Morgan fingerprint density at radius 3 is 2.25 bits per heavy atom. The Kier molecular flexibility index (Phi) is 11.2. The summed E-state index contributed by atoms with van der Waals surface area (Å²) in [6, 6.07) is 10.9. The number of nitrogens with one attached hydrogen (secondary N) is 3. The third-order valence-electron chi connectivity index (χ3n) is 9.66. The molecule has 0 aliphatic carbocycles. The number of likely N-dealkylation sites (N-methyl/N-ethyl adjacent to an activating group) is 1. The van der Waals surface area contributed by atoms with Crippen LogP contribution in [0.25, 0.3) is 22.4 Å². The van der Waals surface area contributed by atoms with Gasteiger partial charge in [-0.15, -0.1) is 13.2 Å². The largest absolute Gasteiger partial charge is 0.573 e. The van der Waals surface area contributed by atoms with Crippen molar-refractivity contribution < 1.29 is 36.7 Å². The average molecular weight is 765 g/mol. The average Bonchev–Trinajstić information content (AvgIpc) is 3.79. The summed E-state index contributed by atoms with van der Waals surface area (Å²) in [6.07, 6.45) is -1.43. The van der Waals surface area contributed by atoms with E-state index in [1.165, 1.54) is 24.4 Å². The number of carbonyl (C=O) groups excluding carboxylic acids is 3. The first kappa shape index (κ1) is 39.2. The van der Waals surface area contributed by atoms with Gasteiger partial charge >= 0.3 is 6.36 Å². The van der Waals surface area contributed by atoms with Crippen molar-refractivity contribution in [3.8, 4) is 28.1 Å². The fourth-order valence-electron chi connectivity index (χ4n) is 6.91. The summed E-state index contributed by atoms with van der Waals surface area (Å²) in [5.74, 6) is -0.926. The first-order chi connectivity index (χ1) is 26.0. The van der Waals surface area contributed by atoms with Crippen LogP contribution in [-0.4, -0.2) is 95.2 Å². The normalized spacial score (nSPS) is 17.7. The summed E-state index contributed by atoms with van der Waals surface area (Å²) in [4.78, 5) is 56.2. The second-order valence-corrected chi connectivity index (χ2v) is 15.0. The van der Waals surface area contributed by atoms with Crippen molar-refractivity contribution in [3.63, 3.8) is 0 Å². The molecular formula is C39H44F4N8O4. The molecule has 55 heavy (non-hydrogen) atoms. The number of halogens is 4. The summed E-state index contributed by atoms with van der Waals surface area (Å²) in [5, 5.41) is 5.23. The first-order valence-corrected chi connectivity index (χ1v) is 18.0. The maximum absolute atomic E-state index is 15.5. The van der Waals surface area contributed by atoms with E-state index in [0.717, 1.165) is 18.6 Å². The van der Waals surface area contributed by atoms with Crippen molar-refractivity contribution in [2.24, 2.45) is 11.3 Å². The third kappa shape index (κ3) is 9.07. The molecule has 16 heteroatoms. The van der Waals surface area contributed by atoms with Crippen molar-refractivity contribution in [2.75, 3.05) is 56.5 Å². The number of H-pyrrole nitrogens is 1. The fourth-order valence-corrected chi connectivity index (χ4v) is 6.91. The van der Waals surface area contributed by atoms with Gasteiger partial charge in [-0.2, -0.15) is 0 Å². The molecule has 0 saturated carbocycles. The molecule has 0 spiro atoms. The highest BCUT2D eigenvalue weighted by Gasteiger charge is 2.36. The molecule has 2 atom stereocenters. The number of imidazole rings is 1. The van der Waals surface area contributed by atoms with Crippen molar-refractivity contribution in [1.82, 2.24) is 30.1 Å². The minimum Gasteiger partial charge on any atom is -0.405 e. The van der Waals surface area contributed by atoms with E-state index < -0.39 is 34.9 Å². The molecule has 0 radical (unpaired) electrons. The number of hydrogen-bond donors (Lipinski definition) is 3. The summed E-state index contributed by atoms with van der Waals surface area (Å²) < 4.78 is 60.6. The van der Waals surface area contributed by atoms with Gasteiger partial charge in [0.25, 0.3) is 5.91 Å². The van der Waals surface area contributed by atoms with Crippen LogP contribution in [0.1, 0.15) is 56.3 Å². The van der Waals surface area contributed by atoms with Crippen LogP contribution in [0.3, 0.4) is 0 Å². The lowest BCUT2D eigenvalue weighted by Crippen LogP contribution is -2.51. The van der Waals surface area contributed by atoms with Gasteiger partial charge in [0.1, 0.15) is 23.2 Å². The maximum Gasteiger partial charge on any atom is 0.573 e. The SMILES string of the molecule is CNCC(=O)N1CC(C)CC1c1ncc(-c2ccc(-c3cc(F)c(NC(=O)c4ccc(N5CCN(C(=O)C(C)(C)C)CC5)nc4)cc3OC(F)(F)F)cc2)[nH]1. The number of rotatable bonds is 9. The Morgan fingerprint density at radius 1 is 0.945 bits per heavy atom. The lowest BCUT2D eigenvalue weighted by Gasteiger charge is -2.38. The Bertz CT molecular complexity index is 2020. The molecule has 2 aromatic carbocycles. The van der Waals surface area contributed by atoms with Gasteiger partial charge < -0.3 is 35.1 Å². The number of likely N-dealkylation sites (tertiary alicyclic amines) is 1. The van der Waals surface area contributed by atoms with Gasteiger partial charge in [-0.1, -0.05) is 52.0 Å². The molecule has 0 bridgehead atoms. The number of hydrogen-bond acceptors (Lipinski definition) is 8. The van der Waals surface area contributed by atoms with E-state index in [9.17, 15) is 27.6 Å². The van der Waals surface area contributed by atoms with Gasteiger partial charge in [-0.05, 0) is 48.7 Å². The highest BCUT2D eigenvalue weighted by Crippen LogP contribution is 2.39. The van der Waals surface area contributed by atoms with Gasteiger partial charge in [-0.3, -0.25) is 14.4 Å². The van der Waals surface area contributed by atoms with E-state index in [1.807, 2.05) is 30.6 Å². The van der Waals surface area contributed by atoms with E-state index in [1.54, 1.807) is 36.3 Å². The lowest BCUT2D eigenvalue weighted by molar-refractivity contribution is -0.274. The Labute approximate surface area is 316 Å². The topological polar surface area (TPSA) is 136 Å². The molecule has 3 amide bonds. The quantitative estimate of drug-likeness (QED) is 0.170. The summed E-state index contributed by atoms with van der Waals surface area (Å²) in [7, 11) is 1.71. The number of nitrogens with zero attached hydrogens (tertiary/aromatic N) is 5. The molecule has 12 nitrogen and oxygen atoms in total. The molecule has 2 aliphatic heterocycles. The van der Waals surface area contributed by atoms with Crippen LogP contribution in [0.5, 0.6) is 5.75 Å². The van der Waals surface area contributed by atoms with Crippen molar-refractivity contribution in [2.45, 2.75) is 46.5 Å². The van der Waals surface area contributed by atoms with E-state index in [0.29, 0.717) is 61.5 Å². The molecule has 2 fully saturated rings. The molecule has 2 aromatic heterocycles. The Hall–Kier alpha value is -5.51. The van der Waals surface area contributed by atoms with Crippen LogP contribution in [-0.2, 0) is 9.59 Å². The first-order valence-electron chi connectivity index (χ1n) is 18.0. The monoisotopic (exact) mass is 764 g/mol. The van der Waals surface area contributed by atoms with Gasteiger partial charge in [0.05, 0.1) is 35.7 Å². The molecular weight excluding hydrogens is 720 g/mol. The van der Waals surface area contributed by atoms with Crippen LogP contribution in [0.2, 0.25) is 0 Å². The van der Waals surface area contributed by atoms with Gasteiger partial charge in [-0.25, -0.2) is 14.4 Å². The van der Waals surface area contributed by atoms with E-state index >= 15 is 4.39 Å².